The Balaban J connectivity index is 1.73. The van der Waals surface area contributed by atoms with Crippen LogP contribution in [-0.2, 0) is 23.2 Å². The van der Waals surface area contributed by atoms with E-state index in [9.17, 15) is 14.4 Å². The Morgan fingerprint density at radius 2 is 1.89 bits per heavy atom. The van der Waals surface area contributed by atoms with Gasteiger partial charge in [-0.2, -0.15) is 0 Å². The number of aromatic nitrogens is 2. The van der Waals surface area contributed by atoms with Gasteiger partial charge in [-0.1, -0.05) is 12.1 Å². The number of aryl methyl sites for hydroxylation is 1. The van der Waals surface area contributed by atoms with E-state index in [0.29, 0.717) is 6.42 Å². The molecule has 2 saturated heterocycles. The van der Waals surface area contributed by atoms with E-state index in [2.05, 4.69) is 10.2 Å². The topological polar surface area (TPSA) is 102 Å². The van der Waals surface area contributed by atoms with Crippen LogP contribution in [0, 0.1) is 0 Å². The molecular formula is C19H25N5O3. The first-order chi connectivity index (χ1) is 13.0. The average molecular weight is 371 g/mol. The lowest BCUT2D eigenvalue weighted by Gasteiger charge is -2.30. The molecule has 1 aromatic carbocycles. The summed E-state index contributed by atoms with van der Waals surface area (Å²) < 4.78 is 3.15. The second kappa shape index (κ2) is 6.94. The summed E-state index contributed by atoms with van der Waals surface area (Å²) in [5.41, 5.74) is 8.42. The molecule has 0 radical (unpaired) electrons. The van der Waals surface area contributed by atoms with E-state index < -0.39 is 11.9 Å². The second-order valence-corrected chi connectivity index (χ2v) is 7.58. The van der Waals surface area contributed by atoms with Crippen LogP contribution < -0.4 is 16.7 Å². The minimum Gasteiger partial charge on any atom is -0.328 e. The van der Waals surface area contributed by atoms with Gasteiger partial charge in [0.2, 0.25) is 11.8 Å². The molecule has 2 aliphatic heterocycles. The van der Waals surface area contributed by atoms with Gasteiger partial charge in [-0.3, -0.25) is 28.9 Å². The van der Waals surface area contributed by atoms with Gasteiger partial charge >= 0.3 is 5.69 Å². The summed E-state index contributed by atoms with van der Waals surface area (Å²) in [7, 11) is 1.74. The summed E-state index contributed by atoms with van der Waals surface area (Å²) in [5, 5.41) is 2.35. The number of nitrogens with zero attached hydrogens (tertiary/aromatic N) is 3. The first kappa shape index (κ1) is 17.9. The highest BCUT2D eigenvalue weighted by atomic mass is 16.2. The number of likely N-dealkylation sites (tertiary alicyclic amines) is 1. The summed E-state index contributed by atoms with van der Waals surface area (Å²) in [4.78, 5) is 39.1. The van der Waals surface area contributed by atoms with E-state index in [1.807, 2.05) is 18.2 Å². The van der Waals surface area contributed by atoms with Crippen LogP contribution in [0.1, 0.15) is 37.3 Å². The Bertz CT molecular complexity index is 952. The first-order valence-corrected chi connectivity index (χ1v) is 9.46. The molecule has 2 fully saturated rings. The van der Waals surface area contributed by atoms with Crippen molar-refractivity contribution in [3.63, 3.8) is 0 Å². The molecule has 2 amide bonds. The van der Waals surface area contributed by atoms with Crippen molar-refractivity contribution < 1.29 is 9.59 Å². The Morgan fingerprint density at radius 1 is 1.15 bits per heavy atom. The average Bonchev–Trinajstić information content (AvgIpc) is 2.89. The van der Waals surface area contributed by atoms with Crippen LogP contribution in [0.4, 0.5) is 0 Å². The smallest absolute Gasteiger partial charge is 0.328 e. The van der Waals surface area contributed by atoms with Gasteiger partial charge in [-0.25, -0.2) is 4.79 Å². The molecule has 1 atom stereocenters. The molecule has 0 saturated carbocycles. The Kier molecular flexibility index (Phi) is 4.61. The van der Waals surface area contributed by atoms with Gasteiger partial charge in [0, 0.05) is 26.1 Å². The van der Waals surface area contributed by atoms with Crippen molar-refractivity contribution in [3.05, 3.63) is 34.2 Å². The lowest BCUT2D eigenvalue weighted by atomic mass is 10.0. The molecule has 3 N–H and O–H groups in total. The third kappa shape index (κ3) is 3.19. The fourth-order valence-corrected chi connectivity index (χ4v) is 4.23. The van der Waals surface area contributed by atoms with Gasteiger partial charge < -0.3 is 5.73 Å². The van der Waals surface area contributed by atoms with E-state index in [-0.39, 0.29) is 24.1 Å². The number of piperidine rings is 2. The van der Waals surface area contributed by atoms with E-state index >= 15 is 0 Å². The maximum Gasteiger partial charge on any atom is 0.329 e. The Hall–Kier alpha value is -2.45. The van der Waals surface area contributed by atoms with Crippen LogP contribution in [0.15, 0.2) is 23.0 Å². The molecule has 0 bridgehead atoms. The van der Waals surface area contributed by atoms with Crippen LogP contribution in [-0.4, -0.2) is 45.0 Å². The molecule has 27 heavy (non-hydrogen) atoms. The number of para-hydroxylation sites is 1. The van der Waals surface area contributed by atoms with E-state index in [4.69, 9.17) is 5.73 Å². The van der Waals surface area contributed by atoms with E-state index in [1.54, 1.807) is 11.6 Å². The zero-order valence-electron chi connectivity index (χ0n) is 15.5. The fourth-order valence-electron chi connectivity index (χ4n) is 4.23. The zero-order chi connectivity index (χ0) is 19.1. The third-order valence-corrected chi connectivity index (χ3v) is 5.73. The molecule has 1 unspecified atom stereocenters. The molecule has 2 aliphatic rings. The van der Waals surface area contributed by atoms with Crippen LogP contribution in [0.25, 0.3) is 11.0 Å². The highest BCUT2D eigenvalue weighted by Gasteiger charge is 2.31. The molecule has 0 spiro atoms. The predicted octanol–water partition coefficient (Wildman–Crippen LogP) is 0.241. The standard InChI is InChI=1S/C19H25N5O3/c1-22-17-12(11-23-9-7-13(20)8-10-23)3-2-4-14(17)24(19(22)27)15-5-6-16(25)21-18(15)26/h2-4,13,15H,5-11,20H2,1H3,(H,21,25,26). The number of nitrogens with one attached hydrogen (secondary N) is 1. The number of amides is 2. The minimum atomic E-state index is -0.651. The maximum absolute atomic E-state index is 12.9. The normalized spacial score (nSPS) is 22.4. The Labute approximate surface area is 156 Å². The van der Waals surface area contributed by atoms with Crippen molar-refractivity contribution >= 4 is 22.8 Å². The lowest BCUT2D eigenvalue weighted by molar-refractivity contribution is -0.135. The molecule has 0 aliphatic carbocycles. The summed E-state index contributed by atoms with van der Waals surface area (Å²) >= 11 is 0. The molecule has 8 nitrogen and oxygen atoms in total. The number of benzene rings is 1. The van der Waals surface area contributed by atoms with Crippen molar-refractivity contribution in [2.24, 2.45) is 12.8 Å². The van der Waals surface area contributed by atoms with Gasteiger partial charge in [0.1, 0.15) is 6.04 Å². The zero-order valence-corrected chi connectivity index (χ0v) is 15.5. The highest BCUT2D eigenvalue weighted by molar-refractivity contribution is 6.00. The van der Waals surface area contributed by atoms with Crippen LogP contribution in [0.2, 0.25) is 0 Å². The van der Waals surface area contributed by atoms with Crippen molar-refractivity contribution in [2.75, 3.05) is 13.1 Å². The number of hydrogen-bond acceptors (Lipinski definition) is 5. The van der Waals surface area contributed by atoms with Crippen molar-refractivity contribution in [2.45, 2.75) is 44.3 Å². The molecule has 3 heterocycles. The molecule has 8 heteroatoms. The van der Waals surface area contributed by atoms with Crippen molar-refractivity contribution in [3.8, 4) is 0 Å². The van der Waals surface area contributed by atoms with Gasteiger partial charge in [0.15, 0.2) is 0 Å². The molecule has 144 valence electrons. The number of hydrogen-bond donors (Lipinski definition) is 2. The van der Waals surface area contributed by atoms with E-state index in [0.717, 1.165) is 49.1 Å². The van der Waals surface area contributed by atoms with Gasteiger partial charge in [-0.15, -0.1) is 0 Å². The van der Waals surface area contributed by atoms with Crippen molar-refractivity contribution in [1.82, 2.24) is 19.4 Å². The number of fused-ring (bicyclic) bond motifs is 1. The molecule has 2 aromatic rings. The monoisotopic (exact) mass is 371 g/mol. The van der Waals surface area contributed by atoms with Crippen LogP contribution in [0.3, 0.4) is 0 Å². The predicted molar refractivity (Wildman–Crippen MR) is 101 cm³/mol. The number of nitrogens with two attached hydrogens (primary N) is 1. The summed E-state index contributed by atoms with van der Waals surface area (Å²) in [5.74, 6) is -0.690. The number of imide groups is 1. The number of imidazole rings is 1. The number of carbonyl (C=O) groups is 2. The maximum atomic E-state index is 12.9. The van der Waals surface area contributed by atoms with Crippen LogP contribution in [0.5, 0.6) is 0 Å². The summed E-state index contributed by atoms with van der Waals surface area (Å²) in [6.45, 7) is 2.63. The van der Waals surface area contributed by atoms with Gasteiger partial charge in [0.05, 0.1) is 11.0 Å². The third-order valence-electron chi connectivity index (χ3n) is 5.73. The molecule has 1 aromatic heterocycles. The molecular weight excluding hydrogens is 346 g/mol. The minimum absolute atomic E-state index is 0.229. The fraction of sp³-hybridized carbons (Fsp3) is 0.526. The van der Waals surface area contributed by atoms with Crippen LogP contribution >= 0.6 is 0 Å². The highest BCUT2D eigenvalue weighted by Crippen LogP contribution is 2.26. The van der Waals surface area contributed by atoms with Gasteiger partial charge in [-0.05, 0) is 44.0 Å². The summed E-state index contributed by atoms with van der Waals surface area (Å²) in [6.07, 6.45) is 2.54. The van der Waals surface area contributed by atoms with E-state index in [1.165, 1.54) is 4.57 Å². The van der Waals surface area contributed by atoms with Gasteiger partial charge in [0.25, 0.3) is 0 Å². The quantitative estimate of drug-likeness (QED) is 0.753. The number of rotatable bonds is 3. The van der Waals surface area contributed by atoms with Crippen molar-refractivity contribution in [1.29, 1.82) is 0 Å². The first-order valence-electron chi connectivity index (χ1n) is 9.46. The largest absolute Gasteiger partial charge is 0.329 e. The second-order valence-electron chi connectivity index (χ2n) is 7.58. The lowest BCUT2D eigenvalue weighted by Crippen LogP contribution is -2.44. The molecule has 4 rings (SSSR count). The number of carbonyl (C=O) groups excluding carboxylic acids is 2. The SMILES string of the molecule is Cn1c(=O)n(C2CCC(=O)NC2=O)c2cccc(CN3CCC(N)CC3)c21. The summed E-state index contributed by atoms with van der Waals surface area (Å²) in [6, 6.07) is 5.45. The Morgan fingerprint density at radius 3 is 2.59 bits per heavy atom.